The zero-order chi connectivity index (χ0) is 20.0. The van der Waals surface area contributed by atoms with Crippen molar-refractivity contribution in [3.05, 3.63) is 48.4 Å². The van der Waals surface area contributed by atoms with Gasteiger partial charge in [0, 0.05) is 29.3 Å². The van der Waals surface area contributed by atoms with E-state index in [1.54, 1.807) is 0 Å². The van der Waals surface area contributed by atoms with E-state index in [1.165, 1.54) is 6.42 Å². The first-order chi connectivity index (χ1) is 14.0. The van der Waals surface area contributed by atoms with Crippen molar-refractivity contribution in [3.8, 4) is 11.3 Å². The fourth-order valence-corrected chi connectivity index (χ4v) is 4.37. The van der Waals surface area contributed by atoms with Crippen molar-refractivity contribution >= 4 is 23.4 Å². The standard InChI is InChI=1S/C21H24N8/c1-14-9-12-28-13-17(25-20(28)24-14)15-5-7-16(8-6-15)29-19(23)26-18(22)27-21(29)10-3-2-4-11-21/h5-9,12-13H,2-4,10-11H2,1H3,(H4,22,23,26,27). The molecule has 4 N–H and O–H groups in total. The minimum atomic E-state index is -0.430. The van der Waals surface area contributed by atoms with Crippen LogP contribution >= 0.6 is 0 Å². The van der Waals surface area contributed by atoms with Crippen molar-refractivity contribution in [1.29, 1.82) is 0 Å². The molecule has 3 aromatic rings. The molecule has 1 aliphatic heterocycles. The van der Waals surface area contributed by atoms with Gasteiger partial charge in [-0.3, -0.25) is 9.30 Å². The number of imidazole rings is 1. The molecule has 5 rings (SSSR count). The summed E-state index contributed by atoms with van der Waals surface area (Å²) in [4.78, 5) is 20.1. The Morgan fingerprint density at radius 2 is 1.72 bits per heavy atom. The average Bonchev–Trinajstić information content (AvgIpc) is 3.11. The number of hydrogen-bond donors (Lipinski definition) is 2. The molecule has 0 atom stereocenters. The minimum absolute atomic E-state index is 0.268. The predicted molar refractivity (Wildman–Crippen MR) is 115 cm³/mol. The van der Waals surface area contributed by atoms with Crippen LogP contribution in [0, 0.1) is 6.92 Å². The van der Waals surface area contributed by atoms with Crippen LogP contribution in [0.1, 0.15) is 37.8 Å². The monoisotopic (exact) mass is 388 g/mol. The molecule has 0 unspecified atom stereocenters. The molecule has 1 saturated carbocycles. The summed E-state index contributed by atoms with van der Waals surface area (Å²) in [5.74, 6) is 1.37. The van der Waals surface area contributed by atoms with Crippen LogP contribution in [-0.4, -0.2) is 32.0 Å². The molecule has 29 heavy (non-hydrogen) atoms. The Bertz CT molecular complexity index is 1120. The van der Waals surface area contributed by atoms with E-state index in [2.05, 4.69) is 27.1 Å². The molecule has 0 radical (unpaired) electrons. The van der Waals surface area contributed by atoms with E-state index in [4.69, 9.17) is 16.5 Å². The molecule has 8 nitrogen and oxygen atoms in total. The predicted octanol–water partition coefficient (Wildman–Crippen LogP) is 2.81. The van der Waals surface area contributed by atoms with Crippen molar-refractivity contribution < 1.29 is 0 Å². The first-order valence-electron chi connectivity index (χ1n) is 9.97. The molecule has 1 fully saturated rings. The van der Waals surface area contributed by atoms with E-state index < -0.39 is 5.66 Å². The SMILES string of the molecule is Cc1ccn2cc(-c3ccc(N4C(N)=NC(N)=NC45CCCCC5)cc3)nc2n1. The highest BCUT2D eigenvalue weighted by Gasteiger charge is 2.42. The van der Waals surface area contributed by atoms with Gasteiger partial charge in [0.2, 0.25) is 17.7 Å². The quantitative estimate of drug-likeness (QED) is 0.701. The fraction of sp³-hybridized carbons (Fsp3) is 0.333. The lowest BCUT2D eigenvalue weighted by atomic mass is 9.87. The number of aryl methyl sites for hydroxylation is 1. The summed E-state index contributed by atoms with van der Waals surface area (Å²) >= 11 is 0. The third-order valence-corrected chi connectivity index (χ3v) is 5.74. The molecule has 0 amide bonds. The van der Waals surface area contributed by atoms with E-state index in [0.717, 1.165) is 48.3 Å². The van der Waals surface area contributed by atoms with Gasteiger partial charge < -0.3 is 11.5 Å². The van der Waals surface area contributed by atoms with E-state index in [9.17, 15) is 0 Å². The van der Waals surface area contributed by atoms with Crippen molar-refractivity contribution in [2.45, 2.75) is 44.7 Å². The van der Waals surface area contributed by atoms with E-state index in [1.807, 2.05) is 46.8 Å². The topological polar surface area (TPSA) is 110 Å². The number of guanidine groups is 2. The summed E-state index contributed by atoms with van der Waals surface area (Å²) in [7, 11) is 0. The molecule has 1 aliphatic carbocycles. The number of benzene rings is 1. The van der Waals surface area contributed by atoms with Gasteiger partial charge in [0.25, 0.3) is 0 Å². The van der Waals surface area contributed by atoms with Crippen molar-refractivity contribution in [2.75, 3.05) is 4.90 Å². The zero-order valence-corrected chi connectivity index (χ0v) is 16.4. The Hall–Kier alpha value is -3.42. The second-order valence-corrected chi connectivity index (χ2v) is 7.77. The Kier molecular flexibility index (Phi) is 4.01. The van der Waals surface area contributed by atoms with Crippen LogP contribution in [0.25, 0.3) is 17.0 Å². The van der Waals surface area contributed by atoms with Crippen LogP contribution in [0.3, 0.4) is 0 Å². The molecule has 3 heterocycles. The number of nitrogens with two attached hydrogens (primary N) is 2. The van der Waals surface area contributed by atoms with Gasteiger partial charge >= 0.3 is 0 Å². The summed E-state index contributed by atoms with van der Waals surface area (Å²) in [6.07, 6.45) is 9.22. The summed E-state index contributed by atoms with van der Waals surface area (Å²) in [5, 5.41) is 0. The first-order valence-corrected chi connectivity index (χ1v) is 9.97. The van der Waals surface area contributed by atoms with Gasteiger partial charge in [-0.05, 0) is 50.8 Å². The van der Waals surface area contributed by atoms with Gasteiger partial charge in [-0.15, -0.1) is 0 Å². The smallest absolute Gasteiger partial charge is 0.234 e. The zero-order valence-electron chi connectivity index (χ0n) is 16.4. The van der Waals surface area contributed by atoms with Gasteiger partial charge in [0.05, 0.1) is 5.69 Å². The molecular formula is C21H24N8. The molecule has 2 aliphatic rings. The highest BCUT2D eigenvalue weighted by molar-refractivity contribution is 6.05. The Morgan fingerprint density at radius 1 is 0.966 bits per heavy atom. The minimum Gasteiger partial charge on any atom is -0.369 e. The number of nitrogens with zero attached hydrogens (tertiary/aromatic N) is 6. The molecule has 1 aromatic carbocycles. The molecule has 2 aromatic heterocycles. The number of aliphatic imine (C=N–C) groups is 2. The van der Waals surface area contributed by atoms with E-state index in [0.29, 0.717) is 11.7 Å². The van der Waals surface area contributed by atoms with Gasteiger partial charge in [-0.1, -0.05) is 18.6 Å². The number of aromatic nitrogens is 3. The molecule has 1 spiro atoms. The van der Waals surface area contributed by atoms with E-state index >= 15 is 0 Å². The number of anilines is 1. The van der Waals surface area contributed by atoms with Gasteiger partial charge in [0.1, 0.15) is 5.66 Å². The Labute approximate surface area is 169 Å². The van der Waals surface area contributed by atoms with Gasteiger partial charge in [-0.2, -0.15) is 4.99 Å². The first kappa shape index (κ1) is 17.7. The maximum atomic E-state index is 6.31. The molecule has 8 heteroatoms. The molecule has 0 bridgehead atoms. The summed E-state index contributed by atoms with van der Waals surface area (Å²) in [6.45, 7) is 1.96. The van der Waals surface area contributed by atoms with Gasteiger partial charge in [0.15, 0.2) is 0 Å². The average molecular weight is 388 g/mol. The van der Waals surface area contributed by atoms with Gasteiger partial charge in [-0.25, -0.2) is 15.0 Å². The van der Waals surface area contributed by atoms with Crippen molar-refractivity contribution in [1.82, 2.24) is 14.4 Å². The Balaban J connectivity index is 1.50. The van der Waals surface area contributed by atoms with Crippen LogP contribution in [-0.2, 0) is 0 Å². The largest absolute Gasteiger partial charge is 0.369 e. The second-order valence-electron chi connectivity index (χ2n) is 7.77. The summed E-state index contributed by atoms with van der Waals surface area (Å²) < 4.78 is 1.93. The lowest BCUT2D eigenvalue weighted by Crippen LogP contribution is -2.58. The maximum absolute atomic E-state index is 6.31. The van der Waals surface area contributed by atoms with Crippen LogP contribution in [0.2, 0.25) is 0 Å². The van der Waals surface area contributed by atoms with E-state index in [-0.39, 0.29) is 5.96 Å². The van der Waals surface area contributed by atoms with Crippen molar-refractivity contribution in [3.63, 3.8) is 0 Å². The number of fused-ring (bicyclic) bond motifs is 1. The van der Waals surface area contributed by atoms with Crippen LogP contribution in [0.5, 0.6) is 0 Å². The highest BCUT2D eigenvalue weighted by Crippen LogP contribution is 2.39. The lowest BCUT2D eigenvalue weighted by molar-refractivity contribution is 0.305. The molecular weight excluding hydrogens is 364 g/mol. The molecule has 148 valence electrons. The fourth-order valence-electron chi connectivity index (χ4n) is 4.37. The van der Waals surface area contributed by atoms with Crippen LogP contribution in [0.4, 0.5) is 5.69 Å². The van der Waals surface area contributed by atoms with Crippen LogP contribution < -0.4 is 16.4 Å². The summed E-state index contributed by atoms with van der Waals surface area (Å²) in [5.41, 5.74) is 15.6. The maximum Gasteiger partial charge on any atom is 0.234 e. The number of rotatable bonds is 2. The number of hydrogen-bond acceptors (Lipinski definition) is 7. The van der Waals surface area contributed by atoms with Crippen LogP contribution in [0.15, 0.2) is 52.7 Å². The molecule has 0 saturated heterocycles. The highest BCUT2D eigenvalue weighted by atomic mass is 15.4. The summed E-state index contributed by atoms with van der Waals surface area (Å²) in [6, 6.07) is 10.2. The normalized spacial score (nSPS) is 18.7. The second kappa shape index (κ2) is 6.58. The lowest BCUT2D eigenvalue weighted by Gasteiger charge is -2.45. The Morgan fingerprint density at radius 3 is 2.48 bits per heavy atom. The third-order valence-electron chi connectivity index (χ3n) is 5.74. The van der Waals surface area contributed by atoms with Crippen molar-refractivity contribution in [2.24, 2.45) is 21.5 Å². The third kappa shape index (κ3) is 3.00.